The van der Waals surface area contributed by atoms with Gasteiger partial charge in [0.2, 0.25) is 10.0 Å². The molecular weight excluding hydrogens is 431 g/mol. The van der Waals surface area contributed by atoms with E-state index in [4.69, 9.17) is 11.6 Å². The van der Waals surface area contributed by atoms with Crippen LogP contribution < -0.4 is 0 Å². The third-order valence-corrected chi connectivity index (χ3v) is 7.49. The predicted molar refractivity (Wildman–Crippen MR) is 100 cm³/mol. The largest absolute Gasteiger partial charge is 0.416 e. The molecule has 6 nitrogen and oxygen atoms in total. The molecule has 0 radical (unpaired) electrons. The van der Waals surface area contributed by atoms with Crippen LogP contribution in [-0.4, -0.2) is 41.4 Å². The van der Waals surface area contributed by atoms with Gasteiger partial charge in [0.05, 0.1) is 11.3 Å². The zero-order valence-electron chi connectivity index (χ0n) is 15.7. The monoisotopic (exact) mass is 449 g/mol. The number of ketones is 1. The lowest BCUT2D eigenvalue weighted by Gasteiger charge is -2.31. The Bertz CT molecular complexity index is 1050. The molecular formula is C18H19ClF3N3O3S. The summed E-state index contributed by atoms with van der Waals surface area (Å²) in [6.07, 6.45) is -3.76. The van der Waals surface area contributed by atoms with Crippen molar-refractivity contribution in [3.05, 3.63) is 46.2 Å². The molecule has 1 aliphatic heterocycles. The van der Waals surface area contributed by atoms with Gasteiger partial charge in [0.1, 0.15) is 10.0 Å². The predicted octanol–water partition coefficient (Wildman–Crippen LogP) is 3.68. The Morgan fingerprint density at radius 1 is 1.31 bits per heavy atom. The van der Waals surface area contributed by atoms with Crippen molar-refractivity contribution in [1.82, 2.24) is 14.1 Å². The summed E-state index contributed by atoms with van der Waals surface area (Å²) < 4.78 is 67.3. The molecule has 2 heterocycles. The molecule has 0 saturated carbocycles. The number of hydrogen-bond acceptors (Lipinski definition) is 4. The zero-order valence-corrected chi connectivity index (χ0v) is 17.3. The van der Waals surface area contributed by atoms with Gasteiger partial charge in [-0.2, -0.15) is 22.6 Å². The Hall–Kier alpha value is -1.91. The van der Waals surface area contributed by atoms with Gasteiger partial charge in [0, 0.05) is 31.6 Å². The minimum atomic E-state index is -4.56. The van der Waals surface area contributed by atoms with Crippen LogP contribution in [-0.2, 0) is 23.2 Å². The van der Waals surface area contributed by atoms with Gasteiger partial charge in [-0.3, -0.25) is 9.48 Å². The van der Waals surface area contributed by atoms with E-state index in [1.807, 2.05) is 0 Å². The van der Waals surface area contributed by atoms with Crippen molar-refractivity contribution in [2.45, 2.75) is 30.8 Å². The van der Waals surface area contributed by atoms with Crippen molar-refractivity contribution >= 4 is 27.4 Å². The second-order valence-corrected chi connectivity index (χ2v) is 9.21. The third kappa shape index (κ3) is 4.19. The average Bonchev–Trinajstić information content (AvgIpc) is 2.93. The summed E-state index contributed by atoms with van der Waals surface area (Å²) in [5, 5.41) is 3.98. The van der Waals surface area contributed by atoms with E-state index in [9.17, 15) is 26.4 Å². The number of piperidine rings is 1. The minimum absolute atomic E-state index is 0.0335. The van der Waals surface area contributed by atoms with Crippen molar-refractivity contribution in [2.24, 2.45) is 13.0 Å². The van der Waals surface area contributed by atoms with Gasteiger partial charge >= 0.3 is 6.18 Å². The number of benzene rings is 1. The number of halogens is 4. The number of alkyl halides is 3. The van der Waals surface area contributed by atoms with Gasteiger partial charge < -0.3 is 0 Å². The van der Waals surface area contributed by atoms with Crippen LogP contribution in [0.1, 0.15) is 34.5 Å². The maximum absolute atomic E-state index is 13.1. The van der Waals surface area contributed by atoms with Gasteiger partial charge in [-0.15, -0.1) is 0 Å². The maximum Gasteiger partial charge on any atom is 0.416 e. The highest BCUT2D eigenvalue weighted by Gasteiger charge is 2.37. The lowest BCUT2D eigenvalue weighted by Crippen LogP contribution is -2.42. The van der Waals surface area contributed by atoms with Crippen LogP contribution in [0.2, 0.25) is 5.15 Å². The van der Waals surface area contributed by atoms with E-state index in [2.05, 4.69) is 5.10 Å². The number of aryl methyl sites for hydroxylation is 2. The highest BCUT2D eigenvalue weighted by Crippen LogP contribution is 2.33. The Kier molecular flexibility index (Phi) is 5.81. The number of aromatic nitrogens is 2. The van der Waals surface area contributed by atoms with Crippen LogP contribution in [0.5, 0.6) is 0 Å². The molecule has 0 spiro atoms. The smallest absolute Gasteiger partial charge is 0.294 e. The number of carbonyl (C=O) groups excluding carboxylic acids is 1. The molecule has 29 heavy (non-hydrogen) atoms. The van der Waals surface area contributed by atoms with Gasteiger partial charge in [0.15, 0.2) is 5.78 Å². The quantitative estimate of drug-likeness (QED) is 0.667. The molecule has 1 atom stereocenters. The fraction of sp³-hybridized carbons (Fsp3) is 0.444. The molecule has 0 N–H and O–H groups in total. The third-order valence-electron chi connectivity index (χ3n) is 4.93. The molecule has 158 valence electrons. The molecule has 11 heteroatoms. The van der Waals surface area contributed by atoms with Gasteiger partial charge in [-0.25, -0.2) is 8.42 Å². The number of hydrogen-bond donors (Lipinski definition) is 0. The van der Waals surface area contributed by atoms with Crippen LogP contribution in [0.4, 0.5) is 13.2 Å². The molecule has 3 rings (SSSR count). The van der Waals surface area contributed by atoms with E-state index in [0.717, 1.165) is 16.4 Å². The van der Waals surface area contributed by atoms with E-state index in [-0.39, 0.29) is 34.4 Å². The number of rotatable bonds is 4. The first-order chi connectivity index (χ1) is 13.4. The summed E-state index contributed by atoms with van der Waals surface area (Å²) in [5.41, 5.74) is -0.759. The van der Waals surface area contributed by atoms with E-state index in [0.29, 0.717) is 12.8 Å². The Balaban J connectivity index is 1.87. The number of nitrogens with zero attached hydrogens (tertiary/aromatic N) is 3. The standard InChI is InChI=1S/C18H19ClF3N3O3S/c1-11-16(17(19)24(2)23-11)29(27,28)25-8-4-6-13(10-25)15(26)12-5-3-7-14(9-12)18(20,21)22/h3,5,7,9,13H,4,6,8,10H2,1-2H3. The van der Waals surface area contributed by atoms with Gasteiger partial charge in [-0.05, 0) is 31.9 Å². The summed E-state index contributed by atoms with van der Waals surface area (Å²) in [5.74, 6) is -1.25. The molecule has 1 saturated heterocycles. The molecule has 1 aromatic heterocycles. The van der Waals surface area contributed by atoms with Gasteiger partial charge in [-0.1, -0.05) is 23.7 Å². The molecule has 2 aromatic rings. The fourth-order valence-corrected chi connectivity index (χ4v) is 5.72. The van der Waals surface area contributed by atoms with Crippen molar-refractivity contribution in [3.8, 4) is 0 Å². The second kappa shape index (κ2) is 7.73. The van der Waals surface area contributed by atoms with Crippen molar-refractivity contribution < 1.29 is 26.4 Å². The molecule has 1 fully saturated rings. The number of sulfonamides is 1. The van der Waals surface area contributed by atoms with Crippen molar-refractivity contribution in [1.29, 1.82) is 0 Å². The van der Waals surface area contributed by atoms with Crippen molar-refractivity contribution in [2.75, 3.05) is 13.1 Å². The topological polar surface area (TPSA) is 72.3 Å². The van der Waals surface area contributed by atoms with E-state index >= 15 is 0 Å². The van der Waals surface area contributed by atoms with Crippen LogP contribution in [0.3, 0.4) is 0 Å². The fourth-order valence-electron chi connectivity index (χ4n) is 3.49. The maximum atomic E-state index is 13.1. The lowest BCUT2D eigenvalue weighted by molar-refractivity contribution is -0.137. The number of Topliss-reactive ketones (excluding diaryl/α,β-unsaturated/α-hetero) is 1. The average molecular weight is 450 g/mol. The van der Waals surface area contributed by atoms with Crippen molar-refractivity contribution in [3.63, 3.8) is 0 Å². The van der Waals surface area contributed by atoms with E-state index < -0.39 is 33.5 Å². The highest BCUT2D eigenvalue weighted by molar-refractivity contribution is 7.89. The molecule has 0 aliphatic carbocycles. The first-order valence-corrected chi connectivity index (χ1v) is 10.7. The van der Waals surface area contributed by atoms with E-state index in [1.165, 1.54) is 30.8 Å². The normalized spacial score (nSPS) is 18.8. The Labute approximate surface area is 171 Å². The number of carbonyl (C=O) groups is 1. The van der Waals surface area contributed by atoms with Crippen LogP contribution in [0.25, 0.3) is 0 Å². The first-order valence-electron chi connectivity index (χ1n) is 8.83. The summed E-state index contributed by atoms with van der Waals surface area (Å²) in [6, 6.07) is 4.18. The minimum Gasteiger partial charge on any atom is -0.294 e. The molecule has 0 amide bonds. The summed E-state index contributed by atoms with van der Waals surface area (Å²) >= 11 is 6.09. The summed E-state index contributed by atoms with van der Waals surface area (Å²) in [7, 11) is -2.48. The molecule has 0 bridgehead atoms. The van der Waals surface area contributed by atoms with Crippen LogP contribution >= 0.6 is 11.6 Å². The summed E-state index contributed by atoms with van der Waals surface area (Å²) in [4.78, 5) is 12.7. The molecule has 1 aromatic carbocycles. The Morgan fingerprint density at radius 2 is 2.00 bits per heavy atom. The van der Waals surface area contributed by atoms with E-state index in [1.54, 1.807) is 0 Å². The summed E-state index contributed by atoms with van der Waals surface area (Å²) in [6.45, 7) is 1.59. The van der Waals surface area contributed by atoms with Crippen LogP contribution in [0.15, 0.2) is 29.2 Å². The first kappa shape index (κ1) is 21.8. The van der Waals surface area contributed by atoms with Gasteiger partial charge in [0.25, 0.3) is 0 Å². The second-order valence-electron chi connectivity index (χ2n) is 6.97. The lowest BCUT2D eigenvalue weighted by atomic mass is 9.90. The Morgan fingerprint density at radius 3 is 2.59 bits per heavy atom. The van der Waals surface area contributed by atoms with Crippen LogP contribution in [0, 0.1) is 12.8 Å². The zero-order chi connectivity index (χ0) is 21.6. The SMILES string of the molecule is Cc1nn(C)c(Cl)c1S(=O)(=O)N1CCCC(C(=O)c2cccc(C(F)(F)F)c2)C1. The molecule has 1 unspecified atom stereocenters. The molecule has 1 aliphatic rings. The highest BCUT2D eigenvalue weighted by atomic mass is 35.5.